The van der Waals surface area contributed by atoms with Crippen LogP contribution in [0.2, 0.25) is 0 Å². The minimum absolute atomic E-state index is 0.0582. The van der Waals surface area contributed by atoms with Gasteiger partial charge in [-0.2, -0.15) is 0 Å². The summed E-state index contributed by atoms with van der Waals surface area (Å²) < 4.78 is 5.54. The zero-order chi connectivity index (χ0) is 16.7. The maximum absolute atomic E-state index is 12.6. The first-order valence-electron chi connectivity index (χ1n) is 7.94. The molecule has 0 aliphatic heterocycles. The summed E-state index contributed by atoms with van der Waals surface area (Å²) in [6.45, 7) is 1.83. The fourth-order valence-corrected chi connectivity index (χ4v) is 3.46. The SMILES string of the molecule is CC(COSc1ccccc1)C(=O)N(CC(=O)O)C1CCCC1. The van der Waals surface area contributed by atoms with Crippen LogP contribution in [0.4, 0.5) is 0 Å². The topological polar surface area (TPSA) is 66.8 Å². The van der Waals surface area contributed by atoms with E-state index in [4.69, 9.17) is 9.29 Å². The number of carbonyl (C=O) groups excluding carboxylic acids is 1. The molecule has 0 radical (unpaired) electrons. The van der Waals surface area contributed by atoms with E-state index in [-0.39, 0.29) is 31.0 Å². The Kier molecular flexibility index (Phi) is 6.92. The van der Waals surface area contributed by atoms with Crippen molar-refractivity contribution in [1.82, 2.24) is 4.90 Å². The van der Waals surface area contributed by atoms with Gasteiger partial charge >= 0.3 is 5.97 Å². The fraction of sp³-hybridized carbons (Fsp3) is 0.529. The minimum atomic E-state index is -0.961. The number of hydrogen-bond donors (Lipinski definition) is 1. The monoisotopic (exact) mass is 337 g/mol. The predicted molar refractivity (Wildman–Crippen MR) is 89.0 cm³/mol. The Balaban J connectivity index is 1.86. The first kappa shape index (κ1) is 17.8. The Bertz CT molecular complexity index is 517. The second kappa shape index (κ2) is 8.93. The molecule has 0 spiro atoms. The van der Waals surface area contributed by atoms with Crippen molar-refractivity contribution in [2.75, 3.05) is 13.2 Å². The molecule has 1 N–H and O–H groups in total. The van der Waals surface area contributed by atoms with E-state index in [2.05, 4.69) is 0 Å². The Hall–Kier alpha value is -1.53. The smallest absolute Gasteiger partial charge is 0.323 e. The lowest BCUT2D eigenvalue weighted by Gasteiger charge is -2.29. The van der Waals surface area contributed by atoms with Crippen LogP contribution >= 0.6 is 12.0 Å². The van der Waals surface area contributed by atoms with Gasteiger partial charge in [0.25, 0.3) is 0 Å². The van der Waals surface area contributed by atoms with Crippen molar-refractivity contribution in [3.63, 3.8) is 0 Å². The van der Waals surface area contributed by atoms with Gasteiger partial charge in [0.05, 0.1) is 12.5 Å². The van der Waals surface area contributed by atoms with Gasteiger partial charge in [-0.25, -0.2) is 0 Å². The van der Waals surface area contributed by atoms with Crippen molar-refractivity contribution in [1.29, 1.82) is 0 Å². The number of carboxylic acid groups (broad SMARTS) is 1. The molecule has 1 aliphatic rings. The van der Waals surface area contributed by atoms with E-state index >= 15 is 0 Å². The van der Waals surface area contributed by atoms with Crippen LogP contribution in [0.1, 0.15) is 32.6 Å². The number of hydrogen-bond acceptors (Lipinski definition) is 4. The molecule has 0 aromatic heterocycles. The Morgan fingerprint density at radius 2 is 1.96 bits per heavy atom. The van der Waals surface area contributed by atoms with Crippen molar-refractivity contribution in [2.45, 2.75) is 43.5 Å². The fourth-order valence-electron chi connectivity index (χ4n) is 2.78. The number of carboxylic acids is 1. The Morgan fingerprint density at radius 3 is 2.57 bits per heavy atom. The van der Waals surface area contributed by atoms with Crippen LogP contribution in [0.15, 0.2) is 35.2 Å². The largest absolute Gasteiger partial charge is 0.480 e. The van der Waals surface area contributed by atoms with Crippen molar-refractivity contribution in [3.8, 4) is 0 Å². The molecule has 1 atom stereocenters. The lowest BCUT2D eigenvalue weighted by molar-refractivity contribution is -0.148. The van der Waals surface area contributed by atoms with Gasteiger partial charge in [-0.1, -0.05) is 38.0 Å². The summed E-state index contributed by atoms with van der Waals surface area (Å²) in [6.07, 6.45) is 3.91. The van der Waals surface area contributed by atoms with Crippen LogP contribution in [0.5, 0.6) is 0 Å². The second-order valence-corrected chi connectivity index (χ2v) is 6.75. The molecule has 0 heterocycles. The number of aliphatic carboxylic acids is 1. The van der Waals surface area contributed by atoms with Crippen LogP contribution in [-0.4, -0.2) is 41.1 Å². The highest BCUT2D eigenvalue weighted by Gasteiger charge is 2.31. The Labute approximate surface area is 141 Å². The van der Waals surface area contributed by atoms with E-state index < -0.39 is 5.97 Å². The van der Waals surface area contributed by atoms with Gasteiger partial charge in [0.1, 0.15) is 6.54 Å². The standard InChI is InChI=1S/C17H23NO4S/c1-13(12-22-23-15-9-3-2-4-10-15)17(21)18(11-16(19)20)14-7-5-6-8-14/h2-4,9-10,13-14H,5-8,11-12H2,1H3,(H,19,20). The molecular weight excluding hydrogens is 314 g/mol. The van der Waals surface area contributed by atoms with Gasteiger partial charge in [-0.15, -0.1) is 0 Å². The molecule has 2 rings (SSSR count). The summed E-state index contributed by atoms with van der Waals surface area (Å²) in [6, 6.07) is 9.72. The van der Waals surface area contributed by atoms with Crippen LogP contribution in [0.25, 0.3) is 0 Å². The molecule has 1 saturated carbocycles. The molecule has 23 heavy (non-hydrogen) atoms. The van der Waals surface area contributed by atoms with E-state index in [0.717, 1.165) is 30.6 Å². The van der Waals surface area contributed by atoms with Crippen LogP contribution in [0, 0.1) is 5.92 Å². The lowest BCUT2D eigenvalue weighted by atomic mass is 10.1. The molecule has 1 amide bonds. The zero-order valence-electron chi connectivity index (χ0n) is 13.3. The van der Waals surface area contributed by atoms with E-state index in [9.17, 15) is 9.59 Å². The van der Waals surface area contributed by atoms with Crippen LogP contribution in [-0.2, 0) is 13.8 Å². The zero-order valence-corrected chi connectivity index (χ0v) is 14.1. The minimum Gasteiger partial charge on any atom is -0.480 e. The lowest BCUT2D eigenvalue weighted by Crippen LogP contribution is -2.45. The molecule has 1 aromatic rings. The van der Waals surface area contributed by atoms with Crippen molar-refractivity contribution in [3.05, 3.63) is 30.3 Å². The second-order valence-electron chi connectivity index (χ2n) is 5.88. The van der Waals surface area contributed by atoms with Gasteiger partial charge < -0.3 is 14.2 Å². The maximum Gasteiger partial charge on any atom is 0.323 e. The number of amides is 1. The van der Waals surface area contributed by atoms with Gasteiger partial charge in [-0.05, 0) is 25.0 Å². The predicted octanol–water partition coefficient (Wildman–Crippen LogP) is 3.20. The highest BCUT2D eigenvalue weighted by Crippen LogP contribution is 2.25. The van der Waals surface area contributed by atoms with Crippen LogP contribution in [0.3, 0.4) is 0 Å². The average Bonchev–Trinajstić information content (AvgIpc) is 3.07. The summed E-state index contributed by atoms with van der Waals surface area (Å²) in [5.74, 6) is -1.45. The summed E-state index contributed by atoms with van der Waals surface area (Å²) in [4.78, 5) is 26.1. The highest BCUT2D eigenvalue weighted by atomic mass is 32.2. The summed E-state index contributed by atoms with van der Waals surface area (Å²) in [5.41, 5.74) is 0. The van der Waals surface area contributed by atoms with Gasteiger partial charge in [-0.3, -0.25) is 9.59 Å². The number of nitrogens with zero attached hydrogens (tertiary/aromatic N) is 1. The number of rotatable bonds is 8. The van der Waals surface area contributed by atoms with Crippen molar-refractivity contribution < 1.29 is 18.9 Å². The normalized spacial score (nSPS) is 16.2. The van der Waals surface area contributed by atoms with E-state index in [1.54, 1.807) is 6.92 Å². The molecule has 126 valence electrons. The van der Waals surface area contributed by atoms with E-state index in [1.807, 2.05) is 30.3 Å². The molecule has 6 heteroatoms. The number of carbonyl (C=O) groups is 2. The average molecular weight is 337 g/mol. The van der Waals surface area contributed by atoms with Crippen molar-refractivity contribution in [2.24, 2.45) is 5.92 Å². The summed E-state index contributed by atoms with van der Waals surface area (Å²) >= 11 is 1.24. The van der Waals surface area contributed by atoms with E-state index in [0.29, 0.717) is 0 Å². The third kappa shape index (κ3) is 5.55. The van der Waals surface area contributed by atoms with Gasteiger partial charge in [0, 0.05) is 23.0 Å². The molecule has 0 bridgehead atoms. The molecule has 1 fully saturated rings. The van der Waals surface area contributed by atoms with Crippen molar-refractivity contribution >= 4 is 23.9 Å². The summed E-state index contributed by atoms with van der Waals surface area (Å²) in [7, 11) is 0. The molecule has 1 unspecified atom stereocenters. The summed E-state index contributed by atoms with van der Waals surface area (Å²) in [5, 5.41) is 9.07. The Morgan fingerprint density at radius 1 is 1.30 bits per heavy atom. The quantitative estimate of drug-likeness (QED) is 0.738. The van der Waals surface area contributed by atoms with Gasteiger partial charge in [0.2, 0.25) is 5.91 Å². The highest BCUT2D eigenvalue weighted by molar-refractivity contribution is 7.94. The molecule has 1 aliphatic carbocycles. The van der Waals surface area contributed by atoms with E-state index in [1.165, 1.54) is 16.9 Å². The third-order valence-electron chi connectivity index (χ3n) is 3.99. The van der Waals surface area contributed by atoms with Gasteiger partial charge in [0.15, 0.2) is 0 Å². The molecular formula is C17H23NO4S. The first-order valence-corrected chi connectivity index (χ1v) is 8.69. The molecule has 5 nitrogen and oxygen atoms in total. The number of benzene rings is 1. The van der Waals surface area contributed by atoms with Crippen LogP contribution < -0.4 is 0 Å². The molecule has 0 saturated heterocycles. The molecule has 1 aromatic carbocycles. The third-order valence-corrected chi connectivity index (χ3v) is 4.71. The maximum atomic E-state index is 12.6. The first-order chi connectivity index (χ1) is 11.1.